The van der Waals surface area contributed by atoms with E-state index in [2.05, 4.69) is 153 Å². The van der Waals surface area contributed by atoms with Crippen molar-refractivity contribution in [3.8, 4) is 67.7 Å². The molecule has 3 aromatic heterocycles. The first kappa shape index (κ1) is 33.7. The predicted molar refractivity (Wildman–Crippen MR) is 231 cm³/mol. The van der Waals surface area contributed by atoms with Gasteiger partial charge in [-0.15, -0.1) is 11.3 Å². The summed E-state index contributed by atoms with van der Waals surface area (Å²) in [5.74, 6) is 3.20. The maximum Gasteiger partial charge on any atom is 0.163 e. The van der Waals surface area contributed by atoms with Gasteiger partial charge in [0.2, 0.25) is 0 Å². The molecule has 1 aliphatic rings. The van der Waals surface area contributed by atoms with Crippen molar-refractivity contribution in [1.29, 1.82) is 0 Å². The lowest BCUT2D eigenvalue weighted by Gasteiger charge is -2.20. The molecule has 0 spiro atoms. The number of thiophene rings is 1. The van der Waals surface area contributed by atoms with E-state index in [1.807, 2.05) is 36.4 Å². The summed E-state index contributed by atoms with van der Waals surface area (Å²) in [6.07, 6.45) is 8.58. The van der Waals surface area contributed by atoms with E-state index in [1.54, 1.807) is 11.3 Å². The van der Waals surface area contributed by atoms with Crippen LogP contribution in [0.4, 0.5) is 0 Å². The molecule has 56 heavy (non-hydrogen) atoms. The van der Waals surface area contributed by atoms with Gasteiger partial charge in [0.25, 0.3) is 0 Å². The van der Waals surface area contributed by atoms with E-state index in [0.29, 0.717) is 11.6 Å². The number of hydrogen-bond acceptors (Lipinski definition) is 6. The molecule has 0 aliphatic heterocycles. The van der Waals surface area contributed by atoms with Gasteiger partial charge in [-0.2, -0.15) is 0 Å². The lowest BCUT2D eigenvalue weighted by atomic mass is 9.89. The Morgan fingerprint density at radius 2 is 1.02 bits per heavy atom. The maximum absolute atomic E-state index is 5.18. The second-order valence-corrected chi connectivity index (χ2v) is 15.2. The highest BCUT2D eigenvalue weighted by Gasteiger charge is 2.23. The highest BCUT2D eigenvalue weighted by atomic mass is 32.1. The van der Waals surface area contributed by atoms with Crippen molar-refractivity contribution in [1.82, 2.24) is 24.9 Å². The van der Waals surface area contributed by atoms with Gasteiger partial charge in [0.05, 0.1) is 15.9 Å². The predicted octanol–water partition coefficient (Wildman–Crippen LogP) is 12.9. The standard InChI is InChI=1S/C50H35N5S/c1-32-15-8-9-22-39(32)50-54-48(36-18-6-3-7-19-36)53-49(55-50)38-21-14-20-37(31-38)41-24-11-10-23-40(41)33-27-29-34(30-28-33)44-46-45(42-25-12-13-26-43(42)56-46)52-47(51-44)35-16-4-2-5-17-35/h2-32,39H,1H3. The van der Waals surface area contributed by atoms with Crippen molar-refractivity contribution in [3.63, 3.8) is 0 Å². The fourth-order valence-electron chi connectivity index (χ4n) is 7.55. The van der Waals surface area contributed by atoms with Crippen molar-refractivity contribution in [2.45, 2.75) is 12.8 Å². The molecular weight excluding hydrogens is 703 g/mol. The molecule has 1 aliphatic carbocycles. The second-order valence-electron chi connectivity index (χ2n) is 14.1. The highest BCUT2D eigenvalue weighted by Crippen LogP contribution is 2.41. The van der Waals surface area contributed by atoms with E-state index in [9.17, 15) is 0 Å². The SMILES string of the molecule is CC1C=CC=CC1c1nc(-c2ccccc2)nc(-c2cccc(-c3ccccc3-c3ccc(-c4nc(-c5ccccc5)nc5c4sc4ccccc45)cc3)c2)n1. The minimum Gasteiger partial charge on any atom is -0.226 e. The molecule has 3 heterocycles. The molecule has 0 saturated heterocycles. The molecule has 9 aromatic rings. The molecule has 0 fully saturated rings. The molecule has 0 saturated carbocycles. The molecule has 266 valence electrons. The average molecular weight is 738 g/mol. The van der Waals surface area contributed by atoms with E-state index in [4.69, 9.17) is 24.9 Å². The van der Waals surface area contributed by atoms with Gasteiger partial charge in [-0.25, -0.2) is 24.9 Å². The Labute approximate surface area is 329 Å². The summed E-state index contributed by atoms with van der Waals surface area (Å²) in [5.41, 5.74) is 10.4. The smallest absolute Gasteiger partial charge is 0.163 e. The zero-order valence-corrected chi connectivity index (χ0v) is 31.4. The molecule has 6 aromatic carbocycles. The van der Waals surface area contributed by atoms with Crippen LogP contribution in [0.3, 0.4) is 0 Å². The minimum absolute atomic E-state index is 0.0679. The minimum atomic E-state index is 0.0679. The Morgan fingerprint density at radius 3 is 1.75 bits per heavy atom. The topological polar surface area (TPSA) is 64.5 Å². The normalized spacial score (nSPS) is 15.1. The Kier molecular flexibility index (Phi) is 8.66. The molecule has 0 N–H and O–H groups in total. The van der Waals surface area contributed by atoms with Crippen LogP contribution >= 0.6 is 11.3 Å². The van der Waals surface area contributed by atoms with Gasteiger partial charge in [0.1, 0.15) is 5.82 Å². The van der Waals surface area contributed by atoms with Crippen LogP contribution in [0.5, 0.6) is 0 Å². The van der Waals surface area contributed by atoms with Crippen LogP contribution in [0, 0.1) is 5.92 Å². The van der Waals surface area contributed by atoms with Crippen LogP contribution in [0.15, 0.2) is 182 Å². The highest BCUT2D eigenvalue weighted by molar-refractivity contribution is 7.26. The molecule has 0 bridgehead atoms. The number of hydrogen-bond donors (Lipinski definition) is 0. The zero-order valence-electron chi connectivity index (χ0n) is 30.6. The van der Waals surface area contributed by atoms with Crippen molar-refractivity contribution < 1.29 is 0 Å². The van der Waals surface area contributed by atoms with Crippen LogP contribution < -0.4 is 0 Å². The van der Waals surface area contributed by atoms with Gasteiger partial charge in [0.15, 0.2) is 17.5 Å². The lowest BCUT2D eigenvalue weighted by Crippen LogP contribution is -2.13. The zero-order chi connectivity index (χ0) is 37.4. The van der Waals surface area contributed by atoms with E-state index in [-0.39, 0.29) is 11.8 Å². The number of rotatable bonds is 7. The van der Waals surface area contributed by atoms with E-state index >= 15 is 0 Å². The summed E-state index contributed by atoms with van der Waals surface area (Å²) in [4.78, 5) is 25.4. The quantitative estimate of drug-likeness (QED) is 0.163. The molecule has 6 heteroatoms. The molecule has 5 nitrogen and oxygen atoms in total. The Morgan fingerprint density at radius 1 is 0.446 bits per heavy atom. The molecule has 0 amide bonds. The molecule has 0 radical (unpaired) electrons. The van der Waals surface area contributed by atoms with Gasteiger partial charge in [-0.05, 0) is 40.3 Å². The van der Waals surface area contributed by atoms with Crippen LogP contribution in [0.25, 0.3) is 88.0 Å². The van der Waals surface area contributed by atoms with Gasteiger partial charge < -0.3 is 0 Å². The molecule has 2 atom stereocenters. The van der Waals surface area contributed by atoms with Gasteiger partial charge >= 0.3 is 0 Å². The van der Waals surface area contributed by atoms with Crippen molar-refractivity contribution in [2.24, 2.45) is 5.92 Å². The largest absolute Gasteiger partial charge is 0.226 e. The van der Waals surface area contributed by atoms with Crippen LogP contribution in [0.2, 0.25) is 0 Å². The second kappa shape index (κ2) is 14.4. The Bertz CT molecular complexity index is 2930. The van der Waals surface area contributed by atoms with Crippen molar-refractivity contribution in [2.75, 3.05) is 0 Å². The van der Waals surface area contributed by atoms with Gasteiger partial charge in [0, 0.05) is 38.3 Å². The summed E-state index contributed by atoms with van der Waals surface area (Å²) < 4.78 is 2.30. The van der Waals surface area contributed by atoms with Gasteiger partial charge in [-0.1, -0.05) is 177 Å². The van der Waals surface area contributed by atoms with Gasteiger partial charge in [-0.3, -0.25) is 0 Å². The third-order valence-electron chi connectivity index (χ3n) is 10.5. The Hall–Kier alpha value is -6.89. The monoisotopic (exact) mass is 737 g/mol. The first-order chi connectivity index (χ1) is 27.7. The van der Waals surface area contributed by atoms with E-state index < -0.39 is 0 Å². The number of benzene rings is 6. The first-order valence-corrected chi connectivity index (χ1v) is 19.7. The summed E-state index contributed by atoms with van der Waals surface area (Å²) >= 11 is 1.75. The fraction of sp³-hybridized carbons (Fsp3) is 0.0600. The summed E-state index contributed by atoms with van der Waals surface area (Å²) in [5, 5.41) is 1.16. The lowest BCUT2D eigenvalue weighted by molar-refractivity contribution is 0.600. The average Bonchev–Trinajstić information content (AvgIpc) is 3.65. The van der Waals surface area contributed by atoms with Crippen LogP contribution in [0.1, 0.15) is 18.7 Å². The number of allylic oxidation sites excluding steroid dienone is 4. The maximum atomic E-state index is 5.18. The van der Waals surface area contributed by atoms with Crippen LogP contribution in [-0.2, 0) is 0 Å². The number of aromatic nitrogens is 5. The Balaban J connectivity index is 1.04. The van der Waals surface area contributed by atoms with E-state index in [1.165, 1.54) is 4.70 Å². The molecule has 2 unspecified atom stereocenters. The summed E-state index contributed by atoms with van der Waals surface area (Å²) in [6.45, 7) is 2.21. The molecular formula is C50H35N5S. The fourth-order valence-corrected chi connectivity index (χ4v) is 8.70. The summed E-state index contributed by atoms with van der Waals surface area (Å²) in [6, 6.07) is 54.8. The number of fused-ring (bicyclic) bond motifs is 3. The number of nitrogens with zero attached hydrogens (tertiary/aromatic N) is 5. The third kappa shape index (κ3) is 6.30. The third-order valence-corrected chi connectivity index (χ3v) is 11.6. The van der Waals surface area contributed by atoms with Crippen molar-refractivity contribution in [3.05, 3.63) is 188 Å². The van der Waals surface area contributed by atoms with E-state index in [0.717, 1.165) is 77.5 Å². The van der Waals surface area contributed by atoms with Crippen LogP contribution in [-0.4, -0.2) is 24.9 Å². The molecule has 10 rings (SSSR count). The first-order valence-electron chi connectivity index (χ1n) is 18.9. The van der Waals surface area contributed by atoms with Crippen molar-refractivity contribution >= 4 is 31.6 Å². The summed E-state index contributed by atoms with van der Waals surface area (Å²) in [7, 11) is 0.